The van der Waals surface area contributed by atoms with Crippen LogP contribution in [0, 0.1) is 35.6 Å². The fraction of sp³-hybridized carbons (Fsp3) is 0. The van der Waals surface area contributed by atoms with Gasteiger partial charge < -0.3 is 0 Å². The van der Waals surface area contributed by atoms with E-state index in [-0.39, 0.29) is 130 Å². The van der Waals surface area contributed by atoms with Crippen LogP contribution in [0.2, 0.25) is 0 Å². The number of hydrogen-bond acceptors (Lipinski definition) is 3. The molecular formula is BaLaMnO3Sr+5. The second-order valence-electron chi connectivity index (χ2n) is 0.189. The molecular weight excluding hydrogens is 467 g/mol. The summed E-state index contributed by atoms with van der Waals surface area (Å²) in [7, 11) is 0. The Hall–Kier alpha value is 4.49. The molecule has 0 aromatic carbocycles. The molecule has 0 fully saturated rings. The standard InChI is InChI=1S/Ba.La.Mn.3O.Sr/q+2;+3;;;2*-1;+2. The van der Waals surface area contributed by atoms with Crippen LogP contribution in [0.1, 0.15) is 0 Å². The summed E-state index contributed by atoms with van der Waals surface area (Å²) in [5.74, 6) is 0. The van der Waals surface area contributed by atoms with Gasteiger partial charge in [0.15, 0.2) is 0 Å². The molecule has 27 valence electrons. The first-order chi connectivity index (χ1) is 1.73. The quantitative estimate of drug-likeness (QED) is 0.352. The first kappa shape index (κ1) is 22.5. The van der Waals surface area contributed by atoms with E-state index in [1.807, 2.05) is 0 Å². The molecule has 0 aliphatic carbocycles. The zero-order valence-electron chi connectivity index (χ0n) is 3.59. The minimum Gasteiger partial charge on any atom is 2.00 e. The molecule has 7 heavy (non-hydrogen) atoms. The van der Waals surface area contributed by atoms with Crippen molar-refractivity contribution in [3.05, 3.63) is 0 Å². The average molecular weight is 467 g/mol. The number of hydrogen-bond donors (Lipinski definition) is 0. The summed E-state index contributed by atoms with van der Waals surface area (Å²) in [5, 5.41) is 0. The maximum absolute atomic E-state index is 8.52. The molecule has 0 saturated heterocycles. The molecule has 0 aliphatic heterocycles. The summed E-state index contributed by atoms with van der Waals surface area (Å²) in [4.78, 5) is 0. The van der Waals surface area contributed by atoms with Gasteiger partial charge in [0.2, 0.25) is 0 Å². The van der Waals surface area contributed by atoms with Gasteiger partial charge in [-0.15, -0.1) is 0 Å². The van der Waals surface area contributed by atoms with Crippen LogP contribution >= 0.6 is 0 Å². The van der Waals surface area contributed by atoms with E-state index in [0.29, 0.717) is 0 Å². The molecule has 0 heterocycles. The molecule has 0 aromatic heterocycles. The maximum atomic E-state index is 8.52. The third-order valence-electron chi connectivity index (χ3n) is 0. The van der Waals surface area contributed by atoms with Crippen molar-refractivity contribution in [1.29, 1.82) is 0 Å². The normalized spacial score (nSPS) is 5.00. The van der Waals surface area contributed by atoms with Crippen molar-refractivity contribution in [2.75, 3.05) is 0 Å². The summed E-state index contributed by atoms with van der Waals surface area (Å²) >= 11 is -3.65. The van der Waals surface area contributed by atoms with Gasteiger partial charge in [0.05, 0.1) is 0 Å². The molecule has 0 rings (SSSR count). The van der Waals surface area contributed by atoms with Crippen LogP contribution in [0.4, 0.5) is 0 Å². The molecule has 0 bridgehead atoms. The third kappa shape index (κ3) is 37.5. The largest absolute Gasteiger partial charge is 2.00 e. The van der Waals surface area contributed by atoms with Gasteiger partial charge in [-0.2, -0.15) is 0 Å². The van der Waals surface area contributed by atoms with Crippen LogP contribution in [0.25, 0.3) is 0 Å². The van der Waals surface area contributed by atoms with Crippen molar-refractivity contribution in [1.82, 2.24) is 0 Å². The Kier molecular flexibility index (Phi) is 54.2. The molecule has 3 nitrogen and oxygen atoms in total. The van der Waals surface area contributed by atoms with E-state index in [0.717, 1.165) is 0 Å². The maximum Gasteiger partial charge on any atom is 2.00 e. The summed E-state index contributed by atoms with van der Waals surface area (Å²) in [6.45, 7) is 0. The van der Waals surface area contributed by atoms with Gasteiger partial charge in [-0.25, -0.2) is 0 Å². The van der Waals surface area contributed by atoms with E-state index in [9.17, 15) is 0 Å². The van der Waals surface area contributed by atoms with Crippen molar-refractivity contribution in [2.24, 2.45) is 0 Å². The summed E-state index contributed by atoms with van der Waals surface area (Å²) in [6, 6.07) is 0. The fourth-order valence-electron chi connectivity index (χ4n) is 0. The van der Waals surface area contributed by atoms with Gasteiger partial charge in [0, 0.05) is 0 Å². The SMILES string of the molecule is [Ba+2].[La+3].[O]=[Mn]([O-])[O-].[Sr+2]. The smallest absolute Gasteiger partial charge is 2.00 e. The molecule has 0 atom stereocenters. The van der Waals surface area contributed by atoms with Crippen LogP contribution in [0.3, 0.4) is 0 Å². The second-order valence-corrected chi connectivity index (χ2v) is 0.779. The Morgan fingerprint density at radius 2 is 1.29 bits per heavy atom. The van der Waals surface area contributed by atoms with Crippen molar-refractivity contribution < 1.29 is 62.3 Å². The zero-order valence-corrected chi connectivity index (χ0v) is 16.3. The zero-order chi connectivity index (χ0) is 3.58. The van der Waals surface area contributed by atoms with Gasteiger partial charge in [-0.1, -0.05) is 0 Å². The molecule has 0 unspecified atom stereocenters. The third-order valence-corrected chi connectivity index (χ3v) is 0. The van der Waals surface area contributed by atoms with Crippen LogP contribution in [0.5, 0.6) is 0 Å². The van der Waals surface area contributed by atoms with E-state index < -0.39 is 14.5 Å². The van der Waals surface area contributed by atoms with Crippen LogP contribution in [-0.2, 0) is 18.3 Å². The second kappa shape index (κ2) is 16.8. The minimum absolute atomic E-state index is 0. The van der Waals surface area contributed by atoms with Crippen LogP contribution < -0.4 is 8.38 Å². The van der Waals surface area contributed by atoms with Crippen molar-refractivity contribution in [2.45, 2.75) is 0 Å². The minimum atomic E-state index is -3.65. The number of rotatable bonds is 0. The molecule has 0 aromatic rings. The van der Waals surface area contributed by atoms with Crippen LogP contribution in [-0.4, -0.2) is 94.4 Å². The van der Waals surface area contributed by atoms with Gasteiger partial charge in [-0.3, -0.25) is 0 Å². The summed E-state index contributed by atoms with van der Waals surface area (Å²) in [6.07, 6.45) is 0. The van der Waals surface area contributed by atoms with E-state index in [1.54, 1.807) is 0 Å². The molecule has 0 spiro atoms. The summed E-state index contributed by atoms with van der Waals surface area (Å²) in [5.41, 5.74) is 0. The van der Waals surface area contributed by atoms with E-state index in [2.05, 4.69) is 0 Å². The first-order valence-electron chi connectivity index (χ1n) is 0.463. The first-order valence-corrected chi connectivity index (χ1v) is 1.91. The van der Waals surface area contributed by atoms with Gasteiger partial charge in [0.1, 0.15) is 0 Å². The molecule has 0 amide bonds. The molecule has 0 N–H and O–H groups in total. The topological polar surface area (TPSA) is 63.2 Å². The van der Waals surface area contributed by atoms with Crippen molar-refractivity contribution in [3.8, 4) is 0 Å². The van der Waals surface area contributed by atoms with Gasteiger partial charge >= 0.3 is 157 Å². The van der Waals surface area contributed by atoms with Crippen molar-refractivity contribution >= 4 is 94.4 Å². The summed E-state index contributed by atoms with van der Waals surface area (Å²) < 4.78 is 25.6. The Labute approximate surface area is 152 Å². The van der Waals surface area contributed by atoms with Gasteiger partial charge in [-0.05, 0) is 0 Å². The molecule has 7 heteroatoms. The van der Waals surface area contributed by atoms with E-state index >= 15 is 0 Å². The Bertz CT molecular complexity index is 37.9. The Balaban J connectivity index is -0.0000000150. The molecule has 0 radical (unpaired) electrons. The van der Waals surface area contributed by atoms with E-state index in [4.69, 9.17) is 12.2 Å². The Morgan fingerprint density at radius 1 is 1.29 bits per heavy atom. The molecule has 0 saturated carbocycles. The molecule has 0 aliphatic rings. The fourth-order valence-corrected chi connectivity index (χ4v) is 0. The average Bonchev–Trinajstić information content (AvgIpc) is 0.811. The van der Waals surface area contributed by atoms with E-state index in [1.165, 1.54) is 0 Å². The van der Waals surface area contributed by atoms with Crippen LogP contribution in [0.15, 0.2) is 0 Å². The van der Waals surface area contributed by atoms with Crippen molar-refractivity contribution in [3.63, 3.8) is 0 Å². The predicted molar refractivity (Wildman–Crippen MR) is 12.2 cm³/mol. The Morgan fingerprint density at radius 3 is 1.29 bits per heavy atom. The van der Waals surface area contributed by atoms with Gasteiger partial charge in [0.25, 0.3) is 0 Å². The predicted octanol–water partition coefficient (Wildman–Crippen LogP) is -3.26. The monoisotopic (exact) mass is 468 g/mol.